The quantitative estimate of drug-likeness (QED) is 0.257. The van der Waals surface area contributed by atoms with Gasteiger partial charge in [0.25, 0.3) is 5.69 Å². The van der Waals surface area contributed by atoms with Gasteiger partial charge in [0.05, 0.1) is 17.1 Å². The van der Waals surface area contributed by atoms with Crippen LogP contribution in [0.3, 0.4) is 0 Å². The number of carbonyl (C=O) groups excluding carboxylic acids is 1. The number of halogens is 2. The molecule has 0 spiro atoms. The van der Waals surface area contributed by atoms with Crippen LogP contribution in [-0.2, 0) is 4.74 Å². The van der Waals surface area contributed by atoms with Gasteiger partial charge in [0.2, 0.25) is 0 Å². The number of hydrogen-bond acceptors (Lipinski definition) is 4. The smallest absolute Gasteiger partial charge is 0.338 e. The van der Waals surface area contributed by atoms with Crippen LogP contribution in [0.5, 0.6) is 0 Å². The summed E-state index contributed by atoms with van der Waals surface area (Å²) in [6, 6.07) is 13.6. The van der Waals surface area contributed by atoms with E-state index in [0.29, 0.717) is 16.7 Å². The lowest BCUT2D eigenvalue weighted by molar-refractivity contribution is -0.384. The molecular weight excluding hydrogens is 466 g/mol. The molecular formula is C19H13Br2NO4. The number of non-ortho nitro benzene ring substituents is 1. The molecule has 0 fully saturated rings. The average molecular weight is 479 g/mol. The number of nitrogens with zero attached hydrogens (tertiary/aromatic N) is 1. The van der Waals surface area contributed by atoms with Gasteiger partial charge in [-0.25, -0.2) is 4.79 Å². The summed E-state index contributed by atoms with van der Waals surface area (Å²) in [6.07, 6.45) is 0. The lowest BCUT2D eigenvalue weighted by atomic mass is 9.95. The fourth-order valence-electron chi connectivity index (χ4n) is 2.70. The first kappa shape index (κ1) is 18.5. The van der Waals surface area contributed by atoms with Crippen LogP contribution in [0.2, 0.25) is 0 Å². The molecule has 26 heavy (non-hydrogen) atoms. The van der Waals surface area contributed by atoms with Crippen molar-refractivity contribution in [3.63, 3.8) is 0 Å². The molecule has 7 heteroatoms. The number of nitro benzene ring substituents is 1. The van der Waals surface area contributed by atoms with E-state index in [-0.39, 0.29) is 12.3 Å². The Labute approximate surface area is 166 Å². The molecule has 0 heterocycles. The number of esters is 1. The van der Waals surface area contributed by atoms with E-state index < -0.39 is 10.9 Å². The van der Waals surface area contributed by atoms with Crippen molar-refractivity contribution in [1.29, 1.82) is 0 Å². The molecule has 0 aromatic heterocycles. The Morgan fingerprint density at radius 3 is 2.15 bits per heavy atom. The molecule has 0 unspecified atom stereocenters. The highest BCUT2D eigenvalue weighted by molar-refractivity contribution is 9.11. The number of benzene rings is 3. The topological polar surface area (TPSA) is 69.4 Å². The Morgan fingerprint density at radius 2 is 1.62 bits per heavy atom. The predicted molar refractivity (Wildman–Crippen MR) is 107 cm³/mol. The van der Waals surface area contributed by atoms with Gasteiger partial charge in [-0.2, -0.15) is 0 Å². The van der Waals surface area contributed by atoms with Gasteiger partial charge < -0.3 is 4.74 Å². The third-order valence-corrected chi connectivity index (χ3v) is 5.32. The standard InChI is InChI=1S/C19H13Br2NO4/c1-2-26-19(23)16-10-15-14(17(20)7-8-18(15)21)9-13(16)11-3-5-12(6-4-11)22(24)25/h3-10H,2H2,1H3. The second-order valence-corrected chi connectivity index (χ2v) is 7.21. The van der Waals surface area contributed by atoms with Gasteiger partial charge in [-0.1, -0.05) is 31.9 Å². The molecule has 5 nitrogen and oxygen atoms in total. The van der Waals surface area contributed by atoms with Crippen molar-refractivity contribution in [2.75, 3.05) is 6.61 Å². The lowest BCUT2D eigenvalue weighted by Gasteiger charge is -2.13. The highest BCUT2D eigenvalue weighted by Crippen LogP contribution is 2.36. The minimum Gasteiger partial charge on any atom is -0.462 e. The predicted octanol–water partition coefficient (Wildman–Crippen LogP) is 6.12. The first-order chi connectivity index (χ1) is 12.4. The fraction of sp³-hybridized carbons (Fsp3) is 0.105. The molecule has 0 bridgehead atoms. The number of fused-ring (bicyclic) bond motifs is 1. The molecule has 3 rings (SSSR count). The van der Waals surface area contributed by atoms with Crippen molar-refractivity contribution in [1.82, 2.24) is 0 Å². The normalized spacial score (nSPS) is 10.7. The molecule has 0 radical (unpaired) electrons. The summed E-state index contributed by atoms with van der Waals surface area (Å²) in [5, 5.41) is 12.7. The maximum atomic E-state index is 12.5. The SMILES string of the molecule is CCOC(=O)c1cc2c(Br)ccc(Br)c2cc1-c1ccc([N+](=O)[O-])cc1. The van der Waals surface area contributed by atoms with Crippen molar-refractivity contribution in [2.45, 2.75) is 6.92 Å². The molecule has 0 saturated heterocycles. The van der Waals surface area contributed by atoms with Gasteiger partial charge in [0.15, 0.2) is 0 Å². The number of ether oxygens (including phenoxy) is 1. The average Bonchev–Trinajstić information content (AvgIpc) is 2.64. The van der Waals surface area contributed by atoms with E-state index in [0.717, 1.165) is 19.7 Å². The zero-order valence-electron chi connectivity index (χ0n) is 13.7. The first-order valence-electron chi connectivity index (χ1n) is 7.76. The maximum Gasteiger partial charge on any atom is 0.338 e. The second kappa shape index (κ2) is 7.55. The molecule has 0 aliphatic heterocycles. The van der Waals surface area contributed by atoms with Crippen molar-refractivity contribution in [3.8, 4) is 11.1 Å². The largest absolute Gasteiger partial charge is 0.462 e. The molecule has 3 aromatic rings. The molecule has 0 atom stereocenters. The summed E-state index contributed by atoms with van der Waals surface area (Å²) in [6.45, 7) is 2.01. The summed E-state index contributed by atoms with van der Waals surface area (Å²) < 4.78 is 6.94. The molecule has 0 N–H and O–H groups in total. The highest BCUT2D eigenvalue weighted by atomic mass is 79.9. The zero-order valence-corrected chi connectivity index (χ0v) is 16.8. The van der Waals surface area contributed by atoms with Crippen molar-refractivity contribution < 1.29 is 14.5 Å². The van der Waals surface area contributed by atoms with E-state index in [1.807, 2.05) is 18.2 Å². The third-order valence-electron chi connectivity index (χ3n) is 3.93. The van der Waals surface area contributed by atoms with Crippen LogP contribution in [-0.4, -0.2) is 17.5 Å². The number of nitro groups is 1. The van der Waals surface area contributed by atoms with E-state index >= 15 is 0 Å². The Hall–Kier alpha value is -2.25. The van der Waals surface area contributed by atoms with Crippen molar-refractivity contribution >= 4 is 54.3 Å². The Bertz CT molecular complexity index is 1020. The maximum absolute atomic E-state index is 12.5. The minimum absolute atomic E-state index is 0.00357. The molecule has 3 aromatic carbocycles. The molecule has 132 valence electrons. The van der Waals surface area contributed by atoms with Crippen LogP contribution < -0.4 is 0 Å². The monoisotopic (exact) mass is 477 g/mol. The minimum atomic E-state index is -0.454. The van der Waals surface area contributed by atoms with E-state index in [1.54, 1.807) is 25.1 Å². The van der Waals surface area contributed by atoms with Gasteiger partial charge in [-0.3, -0.25) is 10.1 Å². The number of carbonyl (C=O) groups is 1. The third kappa shape index (κ3) is 3.50. The van der Waals surface area contributed by atoms with E-state index in [9.17, 15) is 14.9 Å². The summed E-state index contributed by atoms with van der Waals surface area (Å²) in [5.74, 6) is -0.436. The molecule has 0 amide bonds. The molecule has 0 saturated carbocycles. The Morgan fingerprint density at radius 1 is 1.04 bits per heavy atom. The zero-order chi connectivity index (χ0) is 18.8. The summed E-state index contributed by atoms with van der Waals surface area (Å²) in [7, 11) is 0. The molecule has 0 aliphatic rings. The van der Waals surface area contributed by atoms with Gasteiger partial charge in [-0.15, -0.1) is 0 Å². The van der Waals surface area contributed by atoms with Gasteiger partial charge >= 0.3 is 5.97 Å². The van der Waals surface area contributed by atoms with Crippen LogP contribution in [0, 0.1) is 10.1 Å². The van der Waals surface area contributed by atoms with Crippen LogP contribution in [0.1, 0.15) is 17.3 Å². The van der Waals surface area contributed by atoms with E-state index in [2.05, 4.69) is 31.9 Å². The fourth-order valence-corrected chi connectivity index (χ4v) is 3.62. The first-order valence-corrected chi connectivity index (χ1v) is 9.34. The summed E-state index contributed by atoms with van der Waals surface area (Å²) >= 11 is 7.05. The van der Waals surface area contributed by atoms with Crippen LogP contribution in [0.4, 0.5) is 5.69 Å². The lowest BCUT2D eigenvalue weighted by Crippen LogP contribution is -2.07. The number of rotatable bonds is 4. The van der Waals surface area contributed by atoms with Gasteiger partial charge in [-0.05, 0) is 65.2 Å². The van der Waals surface area contributed by atoms with Crippen molar-refractivity contribution in [3.05, 3.63) is 73.2 Å². The van der Waals surface area contributed by atoms with Crippen LogP contribution in [0.15, 0.2) is 57.5 Å². The second-order valence-electron chi connectivity index (χ2n) is 5.50. The number of hydrogen-bond donors (Lipinski definition) is 0. The Balaban J connectivity index is 2.27. The summed E-state index contributed by atoms with van der Waals surface area (Å²) in [4.78, 5) is 22.9. The van der Waals surface area contributed by atoms with Crippen molar-refractivity contribution in [2.24, 2.45) is 0 Å². The van der Waals surface area contributed by atoms with Crippen LogP contribution in [0.25, 0.3) is 21.9 Å². The van der Waals surface area contributed by atoms with E-state index in [4.69, 9.17) is 4.74 Å². The van der Waals surface area contributed by atoms with Gasteiger partial charge in [0, 0.05) is 21.1 Å². The van der Waals surface area contributed by atoms with Gasteiger partial charge in [0.1, 0.15) is 0 Å². The summed E-state index contributed by atoms with van der Waals surface area (Å²) in [5.41, 5.74) is 1.76. The molecule has 0 aliphatic carbocycles. The van der Waals surface area contributed by atoms with E-state index in [1.165, 1.54) is 12.1 Å². The Kier molecular flexibility index (Phi) is 5.38. The van der Waals surface area contributed by atoms with Crippen LogP contribution >= 0.6 is 31.9 Å². The highest BCUT2D eigenvalue weighted by Gasteiger charge is 2.18.